The van der Waals surface area contributed by atoms with E-state index in [1.807, 2.05) is 60.7 Å². The van der Waals surface area contributed by atoms with Crippen LogP contribution in [0.15, 0.2) is 60.7 Å². The summed E-state index contributed by atoms with van der Waals surface area (Å²) in [4.78, 5) is 39.7. The zero-order valence-electron chi connectivity index (χ0n) is 17.8. The van der Waals surface area contributed by atoms with Gasteiger partial charge in [-0.3, -0.25) is 14.5 Å². The van der Waals surface area contributed by atoms with Crippen LogP contribution in [0.2, 0.25) is 0 Å². The van der Waals surface area contributed by atoms with Gasteiger partial charge in [0.25, 0.3) is 5.91 Å². The van der Waals surface area contributed by atoms with E-state index < -0.39 is 11.6 Å². The SMILES string of the molecule is CCC1CCC2(CC1)NC(=O)N(CC(=O)NC(c1ccccc1)c1ccccc1)C2=O. The van der Waals surface area contributed by atoms with E-state index in [4.69, 9.17) is 0 Å². The van der Waals surface area contributed by atoms with Gasteiger partial charge in [0.2, 0.25) is 5.91 Å². The van der Waals surface area contributed by atoms with Crippen LogP contribution >= 0.6 is 0 Å². The van der Waals surface area contributed by atoms with Crippen LogP contribution in [-0.2, 0) is 9.59 Å². The van der Waals surface area contributed by atoms with Crippen molar-refractivity contribution in [1.82, 2.24) is 15.5 Å². The van der Waals surface area contributed by atoms with Gasteiger partial charge in [-0.05, 0) is 42.7 Å². The van der Waals surface area contributed by atoms with Crippen LogP contribution in [0.5, 0.6) is 0 Å². The lowest BCUT2D eigenvalue weighted by atomic mass is 9.75. The summed E-state index contributed by atoms with van der Waals surface area (Å²) < 4.78 is 0. The Morgan fingerprint density at radius 3 is 2.10 bits per heavy atom. The van der Waals surface area contributed by atoms with E-state index in [1.54, 1.807) is 0 Å². The van der Waals surface area contributed by atoms with Crippen molar-refractivity contribution < 1.29 is 14.4 Å². The number of imide groups is 1. The first kappa shape index (κ1) is 21.1. The summed E-state index contributed by atoms with van der Waals surface area (Å²) in [6.07, 6.45) is 4.22. The third-order valence-corrected chi connectivity index (χ3v) is 6.65. The van der Waals surface area contributed by atoms with Crippen molar-refractivity contribution in [2.75, 3.05) is 6.54 Å². The van der Waals surface area contributed by atoms with Gasteiger partial charge in [-0.25, -0.2) is 4.79 Å². The number of carbonyl (C=O) groups excluding carboxylic acids is 3. The van der Waals surface area contributed by atoms with Crippen molar-refractivity contribution in [2.45, 2.75) is 50.6 Å². The molecule has 2 aromatic carbocycles. The van der Waals surface area contributed by atoms with Gasteiger partial charge in [0.05, 0.1) is 6.04 Å². The Balaban J connectivity index is 1.47. The quantitative estimate of drug-likeness (QED) is 0.700. The van der Waals surface area contributed by atoms with Gasteiger partial charge in [0.1, 0.15) is 12.1 Å². The average Bonchev–Trinajstić information content (AvgIpc) is 3.03. The lowest BCUT2D eigenvalue weighted by molar-refractivity contribution is -0.136. The molecule has 1 aliphatic carbocycles. The minimum atomic E-state index is -0.832. The van der Waals surface area contributed by atoms with Crippen LogP contribution in [0.3, 0.4) is 0 Å². The van der Waals surface area contributed by atoms with Crippen LogP contribution in [0, 0.1) is 5.92 Å². The Bertz CT molecular complexity index is 897. The smallest absolute Gasteiger partial charge is 0.325 e. The molecule has 0 radical (unpaired) electrons. The molecule has 4 amide bonds. The van der Waals surface area contributed by atoms with E-state index in [9.17, 15) is 14.4 Å². The number of urea groups is 1. The van der Waals surface area contributed by atoms with E-state index in [0.29, 0.717) is 18.8 Å². The van der Waals surface area contributed by atoms with E-state index in [1.165, 1.54) is 0 Å². The van der Waals surface area contributed by atoms with Crippen molar-refractivity contribution in [3.05, 3.63) is 71.8 Å². The maximum absolute atomic E-state index is 13.1. The molecule has 2 fully saturated rings. The fourth-order valence-electron chi connectivity index (χ4n) is 4.74. The fraction of sp³-hybridized carbons (Fsp3) is 0.400. The third kappa shape index (κ3) is 4.33. The largest absolute Gasteiger partial charge is 0.344 e. The molecule has 0 aromatic heterocycles. The second kappa shape index (κ2) is 8.92. The molecule has 4 rings (SSSR count). The lowest BCUT2D eigenvalue weighted by Gasteiger charge is -2.34. The minimum Gasteiger partial charge on any atom is -0.344 e. The molecule has 1 spiro atoms. The second-order valence-corrected chi connectivity index (χ2v) is 8.58. The number of hydrogen-bond donors (Lipinski definition) is 2. The first-order valence-corrected chi connectivity index (χ1v) is 11.1. The number of rotatable bonds is 6. The summed E-state index contributed by atoms with van der Waals surface area (Å²) in [6, 6.07) is 18.5. The molecule has 0 unspecified atom stereocenters. The van der Waals surface area contributed by atoms with Crippen molar-refractivity contribution in [1.29, 1.82) is 0 Å². The van der Waals surface area contributed by atoms with Gasteiger partial charge >= 0.3 is 6.03 Å². The summed E-state index contributed by atoms with van der Waals surface area (Å²) in [5.74, 6) is -0.0242. The molecule has 1 heterocycles. The molecule has 0 bridgehead atoms. The van der Waals surface area contributed by atoms with Crippen LogP contribution in [0.25, 0.3) is 0 Å². The van der Waals surface area contributed by atoms with E-state index in [-0.39, 0.29) is 24.4 Å². The summed E-state index contributed by atoms with van der Waals surface area (Å²) in [6.45, 7) is 1.88. The van der Waals surface area contributed by atoms with Crippen molar-refractivity contribution in [2.24, 2.45) is 5.92 Å². The molecule has 31 heavy (non-hydrogen) atoms. The van der Waals surface area contributed by atoms with Crippen LogP contribution < -0.4 is 10.6 Å². The third-order valence-electron chi connectivity index (χ3n) is 6.65. The summed E-state index contributed by atoms with van der Waals surface area (Å²) in [7, 11) is 0. The van der Waals surface area contributed by atoms with Gasteiger partial charge in [-0.1, -0.05) is 74.0 Å². The number of carbonyl (C=O) groups is 3. The predicted molar refractivity (Wildman–Crippen MR) is 118 cm³/mol. The van der Waals surface area contributed by atoms with Crippen LogP contribution in [0.4, 0.5) is 4.79 Å². The Morgan fingerprint density at radius 1 is 1.03 bits per heavy atom. The standard InChI is InChI=1S/C25H29N3O3/c1-2-18-13-15-25(16-14-18)23(30)28(24(31)27-25)17-21(29)26-22(19-9-5-3-6-10-19)20-11-7-4-8-12-20/h3-12,18,22H,2,13-17H2,1H3,(H,26,29)(H,27,31). The monoisotopic (exact) mass is 419 g/mol. The molecule has 0 atom stereocenters. The highest BCUT2D eigenvalue weighted by atomic mass is 16.2. The number of nitrogens with zero attached hydrogens (tertiary/aromatic N) is 1. The van der Waals surface area contributed by atoms with E-state index >= 15 is 0 Å². The first-order valence-electron chi connectivity index (χ1n) is 11.1. The fourth-order valence-corrected chi connectivity index (χ4v) is 4.74. The predicted octanol–water partition coefficient (Wildman–Crippen LogP) is 3.78. The second-order valence-electron chi connectivity index (χ2n) is 8.58. The van der Waals surface area contributed by atoms with Gasteiger partial charge in [-0.2, -0.15) is 0 Å². The topological polar surface area (TPSA) is 78.5 Å². The highest BCUT2D eigenvalue weighted by molar-refractivity contribution is 6.09. The Kier molecular flexibility index (Phi) is 6.07. The van der Waals surface area contributed by atoms with Crippen molar-refractivity contribution in [3.63, 3.8) is 0 Å². The van der Waals surface area contributed by atoms with Gasteiger partial charge in [0, 0.05) is 0 Å². The molecule has 1 aliphatic heterocycles. The molecular weight excluding hydrogens is 390 g/mol. The highest BCUT2D eigenvalue weighted by Gasteiger charge is 2.52. The number of hydrogen-bond acceptors (Lipinski definition) is 3. The molecule has 1 saturated carbocycles. The molecule has 6 nitrogen and oxygen atoms in total. The minimum absolute atomic E-state index is 0.266. The number of amides is 4. The Labute approximate surface area is 183 Å². The summed E-state index contributed by atoms with van der Waals surface area (Å²) >= 11 is 0. The molecule has 1 saturated heterocycles. The summed E-state index contributed by atoms with van der Waals surface area (Å²) in [5.41, 5.74) is 1.05. The lowest BCUT2D eigenvalue weighted by Crippen LogP contribution is -2.50. The highest BCUT2D eigenvalue weighted by Crippen LogP contribution is 2.37. The molecule has 162 valence electrons. The molecule has 6 heteroatoms. The molecule has 2 N–H and O–H groups in total. The van der Waals surface area contributed by atoms with Crippen molar-refractivity contribution >= 4 is 17.8 Å². The molecule has 2 aromatic rings. The summed E-state index contributed by atoms with van der Waals surface area (Å²) in [5, 5.41) is 5.91. The van der Waals surface area contributed by atoms with Crippen LogP contribution in [-0.4, -0.2) is 34.8 Å². The van der Waals surface area contributed by atoms with Crippen LogP contribution in [0.1, 0.15) is 56.2 Å². The Morgan fingerprint density at radius 2 is 1.58 bits per heavy atom. The van der Waals surface area contributed by atoms with E-state index in [2.05, 4.69) is 17.6 Å². The average molecular weight is 420 g/mol. The molecular formula is C25H29N3O3. The Hall–Kier alpha value is -3.15. The first-order chi connectivity index (χ1) is 15.0. The van der Waals surface area contributed by atoms with Gasteiger partial charge in [-0.15, -0.1) is 0 Å². The zero-order valence-corrected chi connectivity index (χ0v) is 17.8. The number of nitrogens with one attached hydrogen (secondary N) is 2. The van der Waals surface area contributed by atoms with Gasteiger partial charge in [0.15, 0.2) is 0 Å². The maximum atomic E-state index is 13.1. The van der Waals surface area contributed by atoms with Gasteiger partial charge < -0.3 is 10.6 Å². The maximum Gasteiger partial charge on any atom is 0.325 e. The normalized spacial score (nSPS) is 23.3. The number of benzene rings is 2. The molecule has 2 aliphatic rings. The van der Waals surface area contributed by atoms with Crippen molar-refractivity contribution in [3.8, 4) is 0 Å². The zero-order chi connectivity index (χ0) is 21.8. The van der Waals surface area contributed by atoms with E-state index in [0.717, 1.165) is 35.3 Å².